The number of hydrogen-bond donors (Lipinski definition) is 1. The van der Waals surface area contributed by atoms with Gasteiger partial charge in [0.1, 0.15) is 15.0 Å². The van der Waals surface area contributed by atoms with E-state index in [-0.39, 0.29) is 10.8 Å². The minimum absolute atomic E-state index is 0.224. The molecule has 3 aromatic rings. The van der Waals surface area contributed by atoms with Crippen molar-refractivity contribution in [1.82, 2.24) is 0 Å². The lowest BCUT2D eigenvalue weighted by Gasteiger charge is -2.18. The fourth-order valence-electron chi connectivity index (χ4n) is 4.00. The summed E-state index contributed by atoms with van der Waals surface area (Å²) < 4.78 is 42.3. The number of esters is 2. The highest BCUT2D eigenvalue weighted by atomic mass is 32.2. The standard InChI is InChI=1S/C26H28N2O8S3/c1-3-34-26(31)24-19-7-4-5-8-20(19)38-25(24)27-21(29)15-36-22(30)16-35-18-12-10-17(11-13-18)28(2)39(32,33)23-9-6-14-37-23/h6,9-14H,3-5,7-8,15-16H2,1-2H3,(H,27,29). The van der Waals surface area contributed by atoms with E-state index in [0.29, 0.717) is 22.0 Å². The fraction of sp³-hybridized carbons (Fsp3) is 0.346. The normalized spacial score (nSPS) is 12.8. The van der Waals surface area contributed by atoms with E-state index in [9.17, 15) is 22.8 Å². The smallest absolute Gasteiger partial charge is 0.344 e. The molecule has 1 N–H and O–H groups in total. The van der Waals surface area contributed by atoms with Crippen molar-refractivity contribution in [3.05, 3.63) is 57.8 Å². The van der Waals surface area contributed by atoms with Crippen molar-refractivity contribution in [2.24, 2.45) is 0 Å². The lowest BCUT2D eigenvalue weighted by Crippen LogP contribution is -2.25. The van der Waals surface area contributed by atoms with Crippen LogP contribution in [-0.2, 0) is 41.9 Å². The number of fused-ring (bicyclic) bond motifs is 1. The van der Waals surface area contributed by atoms with Gasteiger partial charge in [-0.05, 0) is 73.9 Å². The molecule has 13 heteroatoms. The van der Waals surface area contributed by atoms with Crippen molar-refractivity contribution in [1.29, 1.82) is 0 Å². The third kappa shape index (κ3) is 6.78. The third-order valence-electron chi connectivity index (χ3n) is 5.93. The van der Waals surface area contributed by atoms with Crippen LogP contribution in [0.1, 0.15) is 40.6 Å². The number of sulfonamides is 1. The molecule has 4 rings (SSSR count). The molecule has 1 amide bonds. The summed E-state index contributed by atoms with van der Waals surface area (Å²) in [6, 6.07) is 9.38. The molecule has 0 bridgehead atoms. The van der Waals surface area contributed by atoms with Crippen LogP contribution in [0.25, 0.3) is 0 Å². The molecule has 0 aliphatic heterocycles. The van der Waals surface area contributed by atoms with Gasteiger partial charge in [-0.3, -0.25) is 9.10 Å². The van der Waals surface area contributed by atoms with Gasteiger partial charge in [-0.2, -0.15) is 0 Å². The van der Waals surface area contributed by atoms with Crippen LogP contribution in [0.3, 0.4) is 0 Å². The second kappa shape index (κ2) is 12.6. The zero-order valence-corrected chi connectivity index (χ0v) is 23.9. The molecule has 0 fully saturated rings. The van der Waals surface area contributed by atoms with E-state index in [4.69, 9.17) is 14.2 Å². The first kappa shape index (κ1) is 28.6. The Bertz CT molecular complexity index is 1430. The highest BCUT2D eigenvalue weighted by molar-refractivity contribution is 7.94. The average molecular weight is 593 g/mol. The summed E-state index contributed by atoms with van der Waals surface area (Å²) in [7, 11) is -2.21. The number of amides is 1. The SMILES string of the molecule is CCOC(=O)c1c(NC(=O)COC(=O)COc2ccc(N(C)S(=O)(=O)c3cccs3)cc2)sc2c1CCCC2. The maximum atomic E-state index is 12.7. The number of thiophene rings is 2. The molecule has 0 radical (unpaired) electrons. The molecule has 39 heavy (non-hydrogen) atoms. The van der Waals surface area contributed by atoms with Crippen molar-refractivity contribution in [3.63, 3.8) is 0 Å². The maximum absolute atomic E-state index is 12.7. The number of carbonyl (C=O) groups excluding carboxylic acids is 3. The Hall–Kier alpha value is -3.42. The summed E-state index contributed by atoms with van der Waals surface area (Å²) in [6.07, 6.45) is 3.59. The minimum Gasteiger partial charge on any atom is -0.482 e. The molecule has 1 aliphatic carbocycles. The average Bonchev–Trinajstić information content (AvgIpc) is 3.59. The summed E-state index contributed by atoms with van der Waals surface area (Å²) in [5.41, 5.74) is 1.73. The third-order valence-corrected chi connectivity index (χ3v) is 10.3. The maximum Gasteiger partial charge on any atom is 0.344 e. The van der Waals surface area contributed by atoms with Gasteiger partial charge in [0.05, 0.1) is 17.9 Å². The van der Waals surface area contributed by atoms with E-state index in [1.807, 2.05) is 0 Å². The summed E-state index contributed by atoms with van der Waals surface area (Å²) in [4.78, 5) is 38.2. The van der Waals surface area contributed by atoms with Gasteiger partial charge in [-0.25, -0.2) is 18.0 Å². The minimum atomic E-state index is -3.66. The quantitative estimate of drug-likeness (QED) is 0.327. The highest BCUT2D eigenvalue weighted by Crippen LogP contribution is 2.38. The molecule has 10 nitrogen and oxygen atoms in total. The van der Waals surface area contributed by atoms with Crippen LogP contribution in [0.2, 0.25) is 0 Å². The van der Waals surface area contributed by atoms with Crippen molar-refractivity contribution in [2.75, 3.05) is 36.5 Å². The lowest BCUT2D eigenvalue weighted by atomic mass is 9.95. The number of ether oxygens (including phenoxy) is 3. The van der Waals surface area contributed by atoms with Gasteiger partial charge in [-0.15, -0.1) is 22.7 Å². The molecule has 0 saturated heterocycles. The topological polar surface area (TPSA) is 128 Å². The van der Waals surface area contributed by atoms with Crippen molar-refractivity contribution in [2.45, 2.75) is 36.8 Å². The van der Waals surface area contributed by atoms with Gasteiger partial charge >= 0.3 is 11.9 Å². The molecule has 1 aromatic carbocycles. The van der Waals surface area contributed by atoms with Gasteiger partial charge in [0, 0.05) is 11.9 Å². The zero-order chi connectivity index (χ0) is 28.0. The van der Waals surface area contributed by atoms with E-state index in [2.05, 4.69) is 5.32 Å². The first-order valence-electron chi connectivity index (χ1n) is 12.2. The summed E-state index contributed by atoms with van der Waals surface area (Å²) in [5.74, 6) is -1.49. The van der Waals surface area contributed by atoms with Gasteiger partial charge in [0.2, 0.25) is 0 Å². The van der Waals surface area contributed by atoms with E-state index >= 15 is 0 Å². The van der Waals surface area contributed by atoms with Crippen LogP contribution in [-0.4, -0.2) is 53.1 Å². The van der Waals surface area contributed by atoms with Gasteiger partial charge < -0.3 is 19.5 Å². The summed E-state index contributed by atoms with van der Waals surface area (Å²) in [5, 5.41) is 4.78. The molecule has 0 unspecified atom stereocenters. The van der Waals surface area contributed by atoms with E-state index in [1.54, 1.807) is 30.5 Å². The lowest BCUT2D eigenvalue weighted by molar-refractivity contribution is -0.149. The van der Waals surface area contributed by atoms with E-state index < -0.39 is 41.1 Å². The van der Waals surface area contributed by atoms with Crippen LogP contribution in [0.15, 0.2) is 46.0 Å². The Kier molecular flexibility index (Phi) is 9.25. The first-order chi connectivity index (χ1) is 18.7. The number of benzene rings is 1. The number of nitrogens with one attached hydrogen (secondary N) is 1. The summed E-state index contributed by atoms with van der Waals surface area (Å²) >= 11 is 2.48. The molecule has 208 valence electrons. The van der Waals surface area contributed by atoms with Crippen LogP contribution >= 0.6 is 22.7 Å². The Morgan fingerprint density at radius 2 is 1.77 bits per heavy atom. The molecular formula is C26H28N2O8S3. The molecule has 2 aromatic heterocycles. The zero-order valence-electron chi connectivity index (χ0n) is 21.4. The number of nitrogens with zero attached hydrogens (tertiary/aromatic N) is 1. The number of anilines is 2. The Balaban J connectivity index is 1.28. The molecule has 0 atom stereocenters. The second-order valence-electron chi connectivity index (χ2n) is 8.53. The molecule has 1 aliphatic rings. The number of carbonyl (C=O) groups is 3. The summed E-state index contributed by atoms with van der Waals surface area (Å²) in [6.45, 7) is 0.955. The number of aryl methyl sites for hydroxylation is 1. The van der Waals surface area contributed by atoms with Crippen LogP contribution in [0.4, 0.5) is 10.7 Å². The monoisotopic (exact) mass is 592 g/mol. The first-order valence-corrected chi connectivity index (χ1v) is 15.4. The van der Waals surface area contributed by atoms with Gasteiger partial charge in [0.25, 0.3) is 15.9 Å². The Morgan fingerprint density at radius 1 is 1.03 bits per heavy atom. The Labute approximate surface area is 234 Å². The van der Waals surface area contributed by atoms with Crippen molar-refractivity contribution < 1.29 is 37.0 Å². The molecular weight excluding hydrogens is 564 g/mol. The van der Waals surface area contributed by atoms with Crippen LogP contribution in [0.5, 0.6) is 5.75 Å². The number of hydrogen-bond acceptors (Lipinski definition) is 10. The molecule has 0 spiro atoms. The number of rotatable bonds is 11. The Morgan fingerprint density at radius 3 is 2.46 bits per heavy atom. The predicted octanol–water partition coefficient (Wildman–Crippen LogP) is 4.25. The predicted molar refractivity (Wildman–Crippen MR) is 148 cm³/mol. The highest BCUT2D eigenvalue weighted by Gasteiger charge is 2.27. The van der Waals surface area contributed by atoms with Crippen molar-refractivity contribution in [3.8, 4) is 5.75 Å². The van der Waals surface area contributed by atoms with E-state index in [0.717, 1.165) is 51.8 Å². The van der Waals surface area contributed by atoms with Crippen molar-refractivity contribution >= 4 is 61.2 Å². The van der Waals surface area contributed by atoms with Crippen LogP contribution < -0.4 is 14.4 Å². The second-order valence-corrected chi connectivity index (χ2v) is 12.8. The van der Waals surface area contributed by atoms with E-state index in [1.165, 1.54) is 36.6 Å². The van der Waals surface area contributed by atoms with Crippen LogP contribution in [0, 0.1) is 0 Å². The molecule has 0 saturated carbocycles. The fourth-order valence-corrected chi connectivity index (χ4v) is 7.65. The van der Waals surface area contributed by atoms with Gasteiger partial charge in [0.15, 0.2) is 13.2 Å². The largest absolute Gasteiger partial charge is 0.482 e. The molecule has 2 heterocycles. The van der Waals surface area contributed by atoms with Gasteiger partial charge in [-0.1, -0.05) is 6.07 Å².